The standard InChI is InChI=1S/C13H17FINS/c1-13(2)6-7-17-8-11(13)16-10-5-3-4-9(14)12(10)15/h3-5,11,16H,6-8H2,1-2H3. The van der Waals surface area contributed by atoms with E-state index in [4.69, 9.17) is 0 Å². The topological polar surface area (TPSA) is 12.0 Å². The van der Waals surface area contributed by atoms with Crippen LogP contribution in [0.1, 0.15) is 20.3 Å². The van der Waals surface area contributed by atoms with Crippen LogP contribution in [0.4, 0.5) is 10.1 Å². The Hall–Kier alpha value is 0.0300. The summed E-state index contributed by atoms with van der Waals surface area (Å²) in [5, 5.41) is 3.51. The third-order valence-electron chi connectivity index (χ3n) is 3.40. The minimum Gasteiger partial charge on any atom is -0.380 e. The van der Waals surface area contributed by atoms with Gasteiger partial charge in [-0.15, -0.1) is 0 Å². The Kier molecular flexibility index (Phi) is 4.23. The highest BCUT2D eigenvalue weighted by atomic mass is 127. The van der Waals surface area contributed by atoms with Gasteiger partial charge in [-0.25, -0.2) is 4.39 Å². The van der Waals surface area contributed by atoms with Gasteiger partial charge in [-0.1, -0.05) is 19.9 Å². The summed E-state index contributed by atoms with van der Waals surface area (Å²) in [6, 6.07) is 5.65. The van der Waals surface area contributed by atoms with Crippen molar-refractivity contribution < 1.29 is 4.39 Å². The Morgan fingerprint density at radius 2 is 2.24 bits per heavy atom. The molecule has 17 heavy (non-hydrogen) atoms. The molecule has 0 radical (unpaired) electrons. The number of anilines is 1. The maximum atomic E-state index is 13.5. The molecular formula is C13H17FINS. The van der Waals surface area contributed by atoms with E-state index in [1.165, 1.54) is 18.2 Å². The van der Waals surface area contributed by atoms with Crippen molar-refractivity contribution >= 4 is 40.0 Å². The summed E-state index contributed by atoms with van der Waals surface area (Å²) < 4.78 is 14.2. The second-order valence-corrected chi connectivity index (χ2v) is 7.34. The molecule has 0 amide bonds. The maximum Gasteiger partial charge on any atom is 0.138 e. The molecule has 1 aliphatic heterocycles. The molecule has 1 nitrogen and oxygen atoms in total. The van der Waals surface area contributed by atoms with Gasteiger partial charge in [0, 0.05) is 11.8 Å². The summed E-state index contributed by atoms with van der Waals surface area (Å²) in [5.41, 5.74) is 1.20. The van der Waals surface area contributed by atoms with E-state index in [1.54, 1.807) is 6.07 Å². The third kappa shape index (κ3) is 3.08. The molecule has 1 unspecified atom stereocenters. The Labute approximate surface area is 120 Å². The lowest BCUT2D eigenvalue weighted by Crippen LogP contribution is -2.41. The van der Waals surface area contributed by atoms with Crippen LogP contribution in [0.5, 0.6) is 0 Å². The van der Waals surface area contributed by atoms with Crippen molar-refractivity contribution in [3.63, 3.8) is 0 Å². The smallest absolute Gasteiger partial charge is 0.138 e. The summed E-state index contributed by atoms with van der Waals surface area (Å²) in [4.78, 5) is 0. The molecule has 1 aromatic carbocycles. The Bertz CT molecular complexity index is 408. The molecule has 2 rings (SSSR count). The zero-order valence-electron chi connectivity index (χ0n) is 10.1. The van der Waals surface area contributed by atoms with Crippen LogP contribution in [-0.2, 0) is 0 Å². The first-order chi connectivity index (χ1) is 8.00. The van der Waals surface area contributed by atoms with E-state index in [2.05, 4.69) is 41.8 Å². The molecule has 1 atom stereocenters. The molecule has 1 N–H and O–H groups in total. The molecule has 1 fully saturated rings. The number of hydrogen-bond donors (Lipinski definition) is 1. The number of thioether (sulfide) groups is 1. The van der Waals surface area contributed by atoms with Crippen LogP contribution < -0.4 is 5.32 Å². The molecule has 0 saturated carbocycles. The molecule has 4 heteroatoms. The zero-order chi connectivity index (χ0) is 12.5. The summed E-state index contributed by atoms with van der Waals surface area (Å²) in [6.07, 6.45) is 1.21. The average Bonchev–Trinajstić information content (AvgIpc) is 2.27. The molecule has 1 aliphatic rings. The first kappa shape index (κ1) is 13.5. The second kappa shape index (κ2) is 5.34. The van der Waals surface area contributed by atoms with Gasteiger partial charge >= 0.3 is 0 Å². The first-order valence-corrected chi connectivity index (χ1v) is 8.02. The fraction of sp³-hybridized carbons (Fsp3) is 0.538. The summed E-state index contributed by atoms with van der Waals surface area (Å²) in [7, 11) is 0. The number of rotatable bonds is 2. The molecule has 1 aromatic rings. The van der Waals surface area contributed by atoms with Gasteiger partial charge in [-0.2, -0.15) is 11.8 Å². The highest BCUT2D eigenvalue weighted by Crippen LogP contribution is 2.36. The van der Waals surface area contributed by atoms with Crippen LogP contribution >= 0.6 is 34.4 Å². The van der Waals surface area contributed by atoms with Crippen LogP contribution in [0, 0.1) is 14.8 Å². The van der Waals surface area contributed by atoms with E-state index in [-0.39, 0.29) is 11.2 Å². The molecule has 1 heterocycles. The Morgan fingerprint density at radius 1 is 1.47 bits per heavy atom. The molecular weight excluding hydrogens is 348 g/mol. The lowest BCUT2D eigenvalue weighted by atomic mass is 9.82. The van der Waals surface area contributed by atoms with Crippen molar-refractivity contribution in [2.24, 2.45) is 5.41 Å². The minimum atomic E-state index is -0.142. The van der Waals surface area contributed by atoms with E-state index in [0.717, 1.165) is 11.4 Å². The van der Waals surface area contributed by atoms with Crippen molar-refractivity contribution in [1.82, 2.24) is 0 Å². The van der Waals surface area contributed by atoms with E-state index in [0.29, 0.717) is 9.61 Å². The molecule has 0 aliphatic carbocycles. The SMILES string of the molecule is CC1(C)CCSCC1Nc1cccc(F)c1I. The summed E-state index contributed by atoms with van der Waals surface area (Å²) in [5.74, 6) is 2.18. The van der Waals surface area contributed by atoms with E-state index < -0.39 is 0 Å². The zero-order valence-corrected chi connectivity index (χ0v) is 13.1. The fourth-order valence-corrected chi connectivity index (χ4v) is 4.10. The number of nitrogens with one attached hydrogen (secondary N) is 1. The highest BCUT2D eigenvalue weighted by Gasteiger charge is 2.32. The van der Waals surface area contributed by atoms with Gasteiger partial charge in [0.1, 0.15) is 5.82 Å². The quantitative estimate of drug-likeness (QED) is 0.781. The second-order valence-electron chi connectivity index (χ2n) is 5.11. The number of halogens is 2. The van der Waals surface area contributed by atoms with Crippen LogP contribution in [0.3, 0.4) is 0 Å². The van der Waals surface area contributed by atoms with Gasteiger partial charge in [-0.3, -0.25) is 0 Å². The fourth-order valence-electron chi connectivity index (χ4n) is 1.98. The average molecular weight is 365 g/mol. The largest absolute Gasteiger partial charge is 0.380 e. The molecule has 1 saturated heterocycles. The van der Waals surface area contributed by atoms with Crippen LogP contribution in [-0.4, -0.2) is 17.5 Å². The predicted molar refractivity (Wildman–Crippen MR) is 82.3 cm³/mol. The van der Waals surface area contributed by atoms with Crippen LogP contribution in [0.25, 0.3) is 0 Å². The highest BCUT2D eigenvalue weighted by molar-refractivity contribution is 14.1. The van der Waals surface area contributed by atoms with E-state index in [1.807, 2.05) is 17.8 Å². The number of hydrogen-bond acceptors (Lipinski definition) is 2. The monoisotopic (exact) mass is 365 g/mol. The Balaban J connectivity index is 2.17. The van der Waals surface area contributed by atoms with Crippen molar-refractivity contribution in [2.75, 3.05) is 16.8 Å². The normalized spacial score (nSPS) is 23.4. The molecule has 0 bridgehead atoms. The van der Waals surface area contributed by atoms with Gasteiger partial charge in [0.05, 0.1) is 9.26 Å². The molecule has 94 valence electrons. The van der Waals surface area contributed by atoms with Crippen molar-refractivity contribution in [3.8, 4) is 0 Å². The van der Waals surface area contributed by atoms with Crippen LogP contribution in [0.2, 0.25) is 0 Å². The lowest BCUT2D eigenvalue weighted by molar-refractivity contribution is 0.305. The summed E-state index contributed by atoms with van der Waals surface area (Å²) in [6.45, 7) is 4.58. The van der Waals surface area contributed by atoms with E-state index in [9.17, 15) is 4.39 Å². The van der Waals surface area contributed by atoms with E-state index >= 15 is 0 Å². The number of benzene rings is 1. The summed E-state index contributed by atoms with van der Waals surface area (Å²) >= 11 is 4.04. The lowest BCUT2D eigenvalue weighted by Gasteiger charge is -2.39. The molecule has 0 spiro atoms. The maximum absolute atomic E-state index is 13.5. The van der Waals surface area contributed by atoms with Crippen molar-refractivity contribution in [2.45, 2.75) is 26.3 Å². The first-order valence-electron chi connectivity index (χ1n) is 5.79. The third-order valence-corrected chi connectivity index (χ3v) is 5.56. The van der Waals surface area contributed by atoms with Crippen LogP contribution in [0.15, 0.2) is 18.2 Å². The van der Waals surface area contributed by atoms with Gasteiger partial charge in [0.25, 0.3) is 0 Å². The molecule has 0 aromatic heterocycles. The van der Waals surface area contributed by atoms with Gasteiger partial charge in [0.15, 0.2) is 0 Å². The Morgan fingerprint density at radius 3 is 2.94 bits per heavy atom. The van der Waals surface area contributed by atoms with Gasteiger partial charge in [-0.05, 0) is 52.3 Å². The van der Waals surface area contributed by atoms with Crippen molar-refractivity contribution in [3.05, 3.63) is 27.6 Å². The van der Waals surface area contributed by atoms with Crippen molar-refractivity contribution in [1.29, 1.82) is 0 Å². The van der Waals surface area contributed by atoms with Gasteiger partial charge in [0.2, 0.25) is 0 Å². The predicted octanol–water partition coefficient (Wildman–Crippen LogP) is 4.37. The minimum absolute atomic E-state index is 0.142. The van der Waals surface area contributed by atoms with Gasteiger partial charge < -0.3 is 5.32 Å².